The molecule has 107 heavy (non-hydrogen) atoms. The highest BCUT2D eigenvalue weighted by Crippen LogP contribution is 2.45. The third-order valence-electron chi connectivity index (χ3n) is 17.2. The van der Waals surface area contributed by atoms with E-state index in [1.807, 2.05) is 12.2 Å². The fourth-order valence-corrected chi connectivity index (χ4v) is 12.5. The topological polar surface area (TPSA) is 231 Å². The number of carbonyl (C=O) groups excluding carboxylic acids is 3. The molecule has 0 saturated heterocycles. The molecule has 0 amide bonds. The predicted octanol–water partition coefficient (Wildman–Crippen LogP) is 25.0. The number of unbranched alkanes of at least 4 members (excludes halogenated alkanes) is 29. The van der Waals surface area contributed by atoms with Crippen LogP contribution in [0.1, 0.15) is 329 Å². The first-order valence-corrected chi connectivity index (χ1v) is 44.8. The van der Waals surface area contributed by atoms with Crippen molar-refractivity contribution in [2.75, 3.05) is 39.6 Å². The summed E-state index contributed by atoms with van der Waals surface area (Å²) in [5.74, 6) is -1.65. The summed E-state index contributed by atoms with van der Waals surface area (Å²) in [6.07, 6.45) is 102. The number of phosphoric ester groups is 2. The molecular formula is C89H150O16P2. The Hall–Kier alpha value is -4.83. The van der Waals surface area contributed by atoms with Crippen LogP contribution >= 0.6 is 15.6 Å². The number of esters is 3. The first kappa shape index (κ1) is 102. The van der Waals surface area contributed by atoms with Crippen molar-refractivity contribution in [2.45, 2.75) is 347 Å². The normalized spacial score (nSPS) is 14.7. The van der Waals surface area contributed by atoms with Gasteiger partial charge in [0.1, 0.15) is 25.4 Å². The van der Waals surface area contributed by atoms with Gasteiger partial charge in [0.25, 0.3) is 0 Å². The molecule has 18 heteroatoms. The molecule has 0 aliphatic carbocycles. The Morgan fingerprint density at radius 1 is 0.271 bits per heavy atom. The minimum Gasteiger partial charge on any atom is -0.463 e. The zero-order valence-corrected chi connectivity index (χ0v) is 68.8. The van der Waals surface area contributed by atoms with Gasteiger partial charge >= 0.3 is 33.6 Å². The molecule has 0 bridgehead atoms. The Kier molecular flexibility index (Phi) is 77.0. The van der Waals surface area contributed by atoms with E-state index in [1.165, 1.54) is 135 Å². The third kappa shape index (κ3) is 82.0. The van der Waals surface area contributed by atoms with Crippen LogP contribution < -0.4 is 0 Å². The summed E-state index contributed by atoms with van der Waals surface area (Å²) in [6, 6.07) is 0. The van der Waals surface area contributed by atoms with Crippen LogP contribution in [-0.4, -0.2) is 95.9 Å². The lowest BCUT2D eigenvalue weighted by Gasteiger charge is -2.21. The molecule has 0 aliphatic rings. The standard InChI is InChI=1S/C89H150O16P2/c1-4-7-10-13-16-19-22-25-28-31-33-35-37-39-40-41-42-44-46-47-49-52-54-57-60-63-66-69-72-75-87(92)99-78-84(90)79-101-106(95,96)102-80-85(91)81-103-107(97,98)104-83-86(105-89(94)77-74-71-68-65-62-59-56-51-30-27-24-21-18-15-12-9-6-3)82-100-88(93)76-73-70-67-64-61-58-55-53-50-48-45-43-38-36-34-32-29-26-23-20-17-14-11-8-5-2/h9,12,16-21,25-30,33-36,39-40,43,45,56,59,65,68,84-86,90-91H,4-8,10-11,13-15,22-24,31-32,37-38,41-42,44,46-55,57-58,60-64,66-67,69-83H2,1-3H3,(H,95,96)(H,97,98)/b12-9-,19-16-,20-17-,21-18-,28-25-,29-26-,30-27-,35-33-,36-34-,40-39-,45-43-,59-56-,68-65-. The van der Waals surface area contributed by atoms with Crippen LogP contribution in [0.2, 0.25) is 0 Å². The molecule has 5 atom stereocenters. The van der Waals surface area contributed by atoms with Crippen LogP contribution in [0.25, 0.3) is 0 Å². The quantitative estimate of drug-likeness (QED) is 0.0146. The van der Waals surface area contributed by atoms with Gasteiger partial charge in [0.15, 0.2) is 6.10 Å². The maximum absolute atomic E-state index is 13.0. The minimum absolute atomic E-state index is 0.0203. The zero-order valence-electron chi connectivity index (χ0n) is 67.0. The molecule has 0 aliphatic heterocycles. The van der Waals surface area contributed by atoms with E-state index < -0.39 is 91.5 Å². The molecule has 16 nitrogen and oxygen atoms in total. The van der Waals surface area contributed by atoms with Gasteiger partial charge in [0, 0.05) is 19.3 Å². The third-order valence-corrected chi connectivity index (χ3v) is 19.1. The van der Waals surface area contributed by atoms with E-state index in [1.54, 1.807) is 0 Å². The highest BCUT2D eigenvalue weighted by Gasteiger charge is 2.29. The van der Waals surface area contributed by atoms with Crippen LogP contribution in [0, 0.1) is 0 Å². The van der Waals surface area contributed by atoms with Gasteiger partial charge in [-0.2, -0.15) is 0 Å². The molecule has 0 spiro atoms. The highest BCUT2D eigenvalue weighted by molar-refractivity contribution is 7.47. The van der Waals surface area contributed by atoms with Crippen LogP contribution in [-0.2, 0) is 55.8 Å². The molecule has 4 N–H and O–H groups in total. The van der Waals surface area contributed by atoms with E-state index in [-0.39, 0.29) is 19.3 Å². The summed E-state index contributed by atoms with van der Waals surface area (Å²) in [4.78, 5) is 58.7. The van der Waals surface area contributed by atoms with Crippen molar-refractivity contribution < 1.29 is 75.8 Å². The van der Waals surface area contributed by atoms with Crippen molar-refractivity contribution in [1.29, 1.82) is 0 Å². The number of phosphoric acid groups is 2. The number of allylic oxidation sites excluding steroid dienone is 26. The van der Waals surface area contributed by atoms with Gasteiger partial charge in [-0.05, 0) is 148 Å². The van der Waals surface area contributed by atoms with E-state index in [4.69, 9.17) is 32.3 Å². The Morgan fingerprint density at radius 3 is 0.813 bits per heavy atom. The largest absolute Gasteiger partial charge is 0.472 e. The molecule has 0 aromatic rings. The molecule has 0 radical (unpaired) electrons. The van der Waals surface area contributed by atoms with Gasteiger partial charge in [-0.3, -0.25) is 32.5 Å². The molecule has 612 valence electrons. The van der Waals surface area contributed by atoms with Crippen molar-refractivity contribution in [3.63, 3.8) is 0 Å². The SMILES string of the molecule is CC/C=C\C/C=C\C/C=C\C/C=C\C/C=C\CCCC(=O)OC(COC(=O)CCCCCCCCCCC/C=C\C/C=C\C/C=C\C/C=C\CCCCC)COP(=O)(O)OCC(O)COP(=O)(O)OCC(O)COC(=O)CCCCCCCCCCCCCCC/C=C\C/C=C\C/C=C\C/C=C\CCCCC. The Bertz CT molecular complexity index is 2580. The first-order valence-electron chi connectivity index (χ1n) is 41.8. The second kappa shape index (κ2) is 80.7. The summed E-state index contributed by atoms with van der Waals surface area (Å²) >= 11 is 0. The van der Waals surface area contributed by atoms with Crippen molar-refractivity contribution >= 4 is 33.6 Å². The molecule has 0 aromatic carbocycles. The number of ether oxygens (including phenoxy) is 3. The Morgan fingerprint density at radius 2 is 0.505 bits per heavy atom. The van der Waals surface area contributed by atoms with Crippen LogP contribution in [0.3, 0.4) is 0 Å². The Balaban J connectivity index is 4.61. The second-order valence-corrected chi connectivity index (χ2v) is 30.4. The molecule has 0 rings (SSSR count). The van der Waals surface area contributed by atoms with Crippen molar-refractivity contribution in [3.8, 4) is 0 Å². The lowest BCUT2D eigenvalue weighted by atomic mass is 10.0. The van der Waals surface area contributed by atoms with Gasteiger partial charge in [-0.1, -0.05) is 320 Å². The van der Waals surface area contributed by atoms with E-state index in [9.17, 15) is 43.5 Å². The summed E-state index contributed by atoms with van der Waals surface area (Å²) in [5.41, 5.74) is 0. The van der Waals surface area contributed by atoms with Crippen LogP contribution in [0.15, 0.2) is 158 Å². The first-order chi connectivity index (χ1) is 52.2. The highest BCUT2D eigenvalue weighted by atomic mass is 31.2. The number of aliphatic hydroxyl groups is 2. The minimum atomic E-state index is -4.96. The second-order valence-electron chi connectivity index (χ2n) is 27.5. The maximum atomic E-state index is 13.0. The van der Waals surface area contributed by atoms with E-state index in [0.717, 1.165) is 128 Å². The number of hydrogen-bond donors (Lipinski definition) is 4. The van der Waals surface area contributed by atoms with Gasteiger partial charge in [0.2, 0.25) is 0 Å². The number of hydrogen-bond acceptors (Lipinski definition) is 14. The van der Waals surface area contributed by atoms with Crippen molar-refractivity contribution in [3.05, 3.63) is 158 Å². The predicted molar refractivity (Wildman–Crippen MR) is 445 cm³/mol. The smallest absolute Gasteiger partial charge is 0.463 e. The zero-order chi connectivity index (χ0) is 78.0. The number of aliphatic hydroxyl groups excluding tert-OH is 2. The molecule has 5 unspecified atom stereocenters. The summed E-state index contributed by atoms with van der Waals surface area (Å²) in [5, 5.41) is 20.7. The van der Waals surface area contributed by atoms with Crippen molar-refractivity contribution in [2.24, 2.45) is 0 Å². The van der Waals surface area contributed by atoms with E-state index in [2.05, 4.69) is 167 Å². The lowest BCUT2D eigenvalue weighted by molar-refractivity contribution is -0.161. The molecule has 0 fully saturated rings. The van der Waals surface area contributed by atoms with Gasteiger partial charge in [-0.25, -0.2) is 9.13 Å². The lowest BCUT2D eigenvalue weighted by Crippen LogP contribution is -2.30. The van der Waals surface area contributed by atoms with Gasteiger partial charge in [-0.15, -0.1) is 0 Å². The summed E-state index contributed by atoms with van der Waals surface area (Å²) in [6.45, 7) is 2.45. The summed E-state index contributed by atoms with van der Waals surface area (Å²) < 4.78 is 61.2. The molecule has 0 saturated carbocycles. The van der Waals surface area contributed by atoms with Crippen molar-refractivity contribution in [1.82, 2.24) is 0 Å². The number of carbonyl (C=O) groups is 3. The van der Waals surface area contributed by atoms with E-state index >= 15 is 0 Å². The molecular weight excluding hydrogens is 1390 g/mol. The van der Waals surface area contributed by atoms with Crippen LogP contribution in [0.4, 0.5) is 0 Å². The fraction of sp³-hybridized carbons (Fsp3) is 0.674. The average molecular weight is 1540 g/mol. The van der Waals surface area contributed by atoms with Gasteiger partial charge < -0.3 is 34.2 Å². The molecule has 0 aromatic heterocycles. The summed E-state index contributed by atoms with van der Waals surface area (Å²) in [7, 11) is -9.82. The van der Waals surface area contributed by atoms with Gasteiger partial charge in [0.05, 0.1) is 26.4 Å². The van der Waals surface area contributed by atoms with E-state index in [0.29, 0.717) is 25.7 Å². The average Bonchev–Trinajstić information content (AvgIpc) is 0.958. The van der Waals surface area contributed by atoms with Crippen LogP contribution in [0.5, 0.6) is 0 Å². The number of rotatable bonds is 78. The maximum Gasteiger partial charge on any atom is 0.472 e. The monoisotopic (exact) mass is 1540 g/mol. The fourth-order valence-electron chi connectivity index (χ4n) is 10.9. The molecule has 0 heterocycles. The Labute approximate surface area is 650 Å².